The van der Waals surface area contributed by atoms with Gasteiger partial charge in [0.05, 0.1) is 30.9 Å². The molecule has 2 heterocycles. The number of hydrogen-bond acceptors (Lipinski definition) is 5. The fourth-order valence-electron chi connectivity index (χ4n) is 3.21. The molecule has 8 heteroatoms. The van der Waals surface area contributed by atoms with Crippen LogP contribution in [0.2, 0.25) is 0 Å². The molecule has 6 nitrogen and oxygen atoms in total. The number of nitrogens with zero attached hydrogens (tertiary/aromatic N) is 1. The molecule has 0 amide bonds. The summed E-state index contributed by atoms with van der Waals surface area (Å²) in [6, 6.07) is 7.59. The van der Waals surface area contributed by atoms with E-state index in [0.717, 1.165) is 6.07 Å². The second-order valence-corrected chi connectivity index (χ2v) is 6.19. The number of methoxy groups -OCH3 is 1. The second kappa shape index (κ2) is 7.05. The van der Waals surface area contributed by atoms with Crippen molar-refractivity contribution in [2.45, 2.75) is 6.92 Å². The Morgan fingerprint density at radius 3 is 2.72 bits per heavy atom. The Hall–Kier alpha value is -3.68. The molecule has 4 rings (SSSR count). The molecule has 1 aliphatic rings. The first-order valence-corrected chi connectivity index (χ1v) is 8.73. The summed E-state index contributed by atoms with van der Waals surface area (Å²) < 4.78 is 46.0. The number of carbonyl (C=O) groups is 1. The minimum atomic E-state index is -1.27. The van der Waals surface area contributed by atoms with Crippen molar-refractivity contribution in [1.29, 1.82) is 0 Å². The Kier molecular flexibility index (Phi) is 4.54. The second-order valence-electron chi connectivity index (χ2n) is 6.19. The van der Waals surface area contributed by atoms with Crippen LogP contribution in [-0.4, -0.2) is 24.3 Å². The van der Waals surface area contributed by atoms with Crippen LogP contribution in [0.25, 0.3) is 22.9 Å². The molecule has 0 bridgehead atoms. The van der Waals surface area contributed by atoms with Crippen LogP contribution in [0.1, 0.15) is 22.8 Å². The first-order valence-electron chi connectivity index (χ1n) is 8.73. The van der Waals surface area contributed by atoms with Gasteiger partial charge in [0.15, 0.2) is 17.3 Å². The van der Waals surface area contributed by atoms with Crippen molar-refractivity contribution in [3.8, 4) is 11.5 Å². The molecule has 1 aromatic heterocycles. The van der Waals surface area contributed by atoms with Crippen molar-refractivity contribution in [2.24, 2.45) is 0 Å². The number of halogens is 2. The summed E-state index contributed by atoms with van der Waals surface area (Å²) in [4.78, 5) is 24.9. The molecule has 0 aliphatic carbocycles. The van der Waals surface area contributed by atoms with Gasteiger partial charge in [0, 0.05) is 6.20 Å². The summed E-state index contributed by atoms with van der Waals surface area (Å²) in [5.41, 5.74) is -0.573. The van der Waals surface area contributed by atoms with Gasteiger partial charge in [-0.3, -0.25) is 4.79 Å². The Balaban J connectivity index is 2.04. The third-order valence-corrected chi connectivity index (χ3v) is 4.50. The van der Waals surface area contributed by atoms with Crippen LogP contribution in [0.5, 0.6) is 11.5 Å². The predicted molar refractivity (Wildman–Crippen MR) is 102 cm³/mol. The Morgan fingerprint density at radius 1 is 1.24 bits per heavy atom. The molecule has 0 saturated heterocycles. The number of ether oxygens (including phenoxy) is 3. The molecular formula is C21H15F2NO5. The number of carbonyl (C=O) groups excluding carboxylic acids is 1. The molecule has 0 fully saturated rings. The lowest BCUT2D eigenvalue weighted by atomic mass is 10.1. The number of pyridine rings is 1. The largest absolute Gasteiger partial charge is 0.496 e. The summed E-state index contributed by atoms with van der Waals surface area (Å²) >= 11 is 0. The molecule has 0 unspecified atom stereocenters. The number of hydrogen-bond donors (Lipinski definition) is 0. The van der Waals surface area contributed by atoms with Gasteiger partial charge in [-0.2, -0.15) is 4.39 Å². The predicted octanol–water partition coefficient (Wildman–Crippen LogP) is 3.81. The van der Waals surface area contributed by atoms with Crippen LogP contribution in [0, 0.1) is 11.6 Å². The van der Waals surface area contributed by atoms with E-state index in [1.165, 1.54) is 24.1 Å². The van der Waals surface area contributed by atoms with E-state index < -0.39 is 28.8 Å². The Morgan fingerprint density at radius 2 is 2.00 bits per heavy atom. The third kappa shape index (κ3) is 2.93. The van der Waals surface area contributed by atoms with Gasteiger partial charge in [0.1, 0.15) is 16.8 Å². The first kappa shape index (κ1) is 18.7. The van der Waals surface area contributed by atoms with Crippen molar-refractivity contribution in [1.82, 2.24) is 4.57 Å². The van der Waals surface area contributed by atoms with Gasteiger partial charge < -0.3 is 18.8 Å². The molecule has 0 atom stereocenters. The van der Waals surface area contributed by atoms with E-state index in [2.05, 4.69) is 0 Å². The molecule has 0 N–H and O–H groups in total. The van der Waals surface area contributed by atoms with Crippen molar-refractivity contribution >= 4 is 28.8 Å². The van der Waals surface area contributed by atoms with Gasteiger partial charge in [0.2, 0.25) is 11.2 Å². The molecule has 0 spiro atoms. The lowest BCUT2D eigenvalue weighted by molar-refractivity contribution is 0.0524. The molecular weight excluding hydrogens is 384 g/mol. The molecule has 3 aromatic rings. The van der Waals surface area contributed by atoms with Crippen LogP contribution in [0.3, 0.4) is 0 Å². The fourth-order valence-corrected chi connectivity index (χ4v) is 3.21. The van der Waals surface area contributed by atoms with Gasteiger partial charge in [-0.25, -0.2) is 9.18 Å². The molecule has 0 radical (unpaired) electrons. The van der Waals surface area contributed by atoms with Crippen molar-refractivity contribution in [3.63, 3.8) is 0 Å². The number of aromatic nitrogens is 1. The lowest BCUT2D eigenvalue weighted by Crippen LogP contribution is -2.22. The van der Waals surface area contributed by atoms with Gasteiger partial charge in [0.25, 0.3) is 0 Å². The average molecular weight is 399 g/mol. The van der Waals surface area contributed by atoms with Gasteiger partial charge in [-0.1, -0.05) is 12.1 Å². The highest BCUT2D eigenvalue weighted by Gasteiger charge is 2.28. The highest BCUT2D eigenvalue weighted by Crippen LogP contribution is 2.39. The van der Waals surface area contributed by atoms with E-state index in [0.29, 0.717) is 11.3 Å². The highest BCUT2D eigenvalue weighted by atomic mass is 19.2. The molecule has 29 heavy (non-hydrogen) atoms. The number of benzene rings is 2. The van der Waals surface area contributed by atoms with E-state index in [9.17, 15) is 18.4 Å². The Bertz CT molecular complexity index is 1250. The van der Waals surface area contributed by atoms with E-state index in [4.69, 9.17) is 14.2 Å². The van der Waals surface area contributed by atoms with Crippen LogP contribution < -0.4 is 14.9 Å². The zero-order valence-electron chi connectivity index (χ0n) is 15.5. The van der Waals surface area contributed by atoms with Gasteiger partial charge >= 0.3 is 5.97 Å². The van der Waals surface area contributed by atoms with Crippen molar-refractivity contribution < 1.29 is 27.8 Å². The monoisotopic (exact) mass is 399 g/mol. The van der Waals surface area contributed by atoms with Crippen LogP contribution in [-0.2, 0) is 4.74 Å². The zero-order chi connectivity index (χ0) is 20.7. The van der Waals surface area contributed by atoms with E-state index in [1.54, 1.807) is 31.2 Å². The van der Waals surface area contributed by atoms with Crippen LogP contribution in [0.4, 0.5) is 8.78 Å². The number of rotatable bonds is 4. The first-order chi connectivity index (χ1) is 14.0. The quantitative estimate of drug-likeness (QED) is 0.624. The zero-order valence-corrected chi connectivity index (χ0v) is 15.5. The van der Waals surface area contributed by atoms with E-state index in [-0.39, 0.29) is 28.8 Å². The lowest BCUT2D eigenvalue weighted by Gasteiger charge is -2.22. The fraction of sp³-hybridized carbons (Fsp3) is 0.143. The van der Waals surface area contributed by atoms with E-state index in [1.807, 2.05) is 0 Å². The minimum Gasteiger partial charge on any atom is -0.496 e. The smallest absolute Gasteiger partial charge is 0.343 e. The normalized spacial score (nSPS) is 12.3. The molecule has 2 aromatic carbocycles. The highest BCUT2D eigenvalue weighted by molar-refractivity contribution is 5.98. The summed E-state index contributed by atoms with van der Waals surface area (Å²) in [5.74, 6) is -3.21. The average Bonchev–Trinajstić information content (AvgIpc) is 2.73. The molecule has 148 valence electrons. The summed E-state index contributed by atoms with van der Waals surface area (Å²) in [7, 11) is 1.47. The Labute approximate surface area is 163 Å². The van der Waals surface area contributed by atoms with Crippen molar-refractivity contribution in [3.05, 3.63) is 69.5 Å². The van der Waals surface area contributed by atoms with Gasteiger partial charge in [-0.05, 0) is 25.1 Å². The maximum absolute atomic E-state index is 14.6. The van der Waals surface area contributed by atoms with E-state index >= 15 is 0 Å². The maximum Gasteiger partial charge on any atom is 0.343 e. The summed E-state index contributed by atoms with van der Waals surface area (Å²) in [6.45, 7) is 1.66. The summed E-state index contributed by atoms with van der Waals surface area (Å²) in [5, 5.41) is -0.195. The topological polar surface area (TPSA) is 66.8 Å². The summed E-state index contributed by atoms with van der Waals surface area (Å²) in [6.07, 6.45) is 2.69. The van der Waals surface area contributed by atoms with Crippen LogP contribution >= 0.6 is 0 Å². The number of para-hydroxylation sites is 1. The van der Waals surface area contributed by atoms with Crippen molar-refractivity contribution in [2.75, 3.05) is 13.7 Å². The van der Waals surface area contributed by atoms with Crippen LogP contribution in [0.15, 0.2) is 41.3 Å². The third-order valence-electron chi connectivity index (χ3n) is 4.50. The standard InChI is InChI=1S/C21H15F2NO5/c1-3-28-21(26)13-9-24-10-16(11-6-4-5-7-15(11)27-2)29-20-17(23)14(22)8-12(18(20)24)19(13)25/h4-10H,3H2,1-2H3. The molecule has 0 saturated carbocycles. The van der Waals surface area contributed by atoms with Gasteiger partial charge in [-0.15, -0.1) is 0 Å². The molecule has 1 aliphatic heterocycles. The maximum atomic E-state index is 14.6. The number of esters is 1. The SMILES string of the molecule is CCOC(=O)c1cn2c3c(c(F)c(F)cc3c1=O)OC(c1ccccc1OC)=C2. The minimum absolute atomic E-state index is 0.0144.